The number of para-hydroxylation sites is 1. The van der Waals surface area contributed by atoms with Gasteiger partial charge < -0.3 is 25.0 Å². The van der Waals surface area contributed by atoms with Crippen LogP contribution in [0.5, 0.6) is 11.5 Å². The summed E-state index contributed by atoms with van der Waals surface area (Å²) in [6, 6.07) is 16.6. The summed E-state index contributed by atoms with van der Waals surface area (Å²) < 4.78 is 11.5. The number of halogens is 1. The Bertz CT molecular complexity index is 857. The zero-order valence-corrected chi connectivity index (χ0v) is 21.1. The topological polar surface area (TPSA) is 61.4 Å². The fourth-order valence-electron chi connectivity index (χ4n) is 3.93. The second kappa shape index (κ2) is 12.7. The van der Waals surface area contributed by atoms with Crippen LogP contribution in [0.25, 0.3) is 0 Å². The van der Waals surface area contributed by atoms with Gasteiger partial charge in [-0.1, -0.05) is 18.2 Å². The first-order chi connectivity index (χ1) is 15.3. The van der Waals surface area contributed by atoms with E-state index in [9.17, 15) is 0 Å². The van der Waals surface area contributed by atoms with E-state index in [1.54, 1.807) is 7.05 Å². The van der Waals surface area contributed by atoms with E-state index < -0.39 is 0 Å². The van der Waals surface area contributed by atoms with Crippen molar-refractivity contribution >= 4 is 41.3 Å². The number of benzene rings is 2. The number of anilines is 2. The molecule has 0 spiro atoms. The minimum atomic E-state index is 0. The Morgan fingerprint density at radius 2 is 1.72 bits per heavy atom. The maximum absolute atomic E-state index is 5.77. The highest BCUT2D eigenvalue weighted by Crippen LogP contribution is 2.32. The van der Waals surface area contributed by atoms with Crippen LogP contribution in [0.15, 0.2) is 53.5 Å². The van der Waals surface area contributed by atoms with Crippen LogP contribution in [0.3, 0.4) is 0 Å². The van der Waals surface area contributed by atoms with Crippen LogP contribution < -0.4 is 25.0 Å². The van der Waals surface area contributed by atoms with Crippen molar-refractivity contribution < 1.29 is 9.47 Å². The molecule has 0 amide bonds. The molecule has 0 saturated carbocycles. The van der Waals surface area contributed by atoms with Crippen LogP contribution in [0.1, 0.15) is 12.8 Å². The number of hydrogen-bond acceptors (Lipinski definition) is 5. The highest BCUT2D eigenvalue weighted by Gasteiger charge is 2.16. The lowest BCUT2D eigenvalue weighted by molar-refractivity contribution is 0.255. The van der Waals surface area contributed by atoms with Gasteiger partial charge in [0, 0.05) is 63.6 Å². The molecule has 4 rings (SSSR count). The SMILES string of the molecule is CN=C(NCCCN1CCN(c2ccccc2)CC1)Nc1ccc2c(c1)OCCCO2.I. The number of rotatable bonds is 6. The van der Waals surface area contributed by atoms with Crippen molar-refractivity contribution in [3.8, 4) is 11.5 Å². The summed E-state index contributed by atoms with van der Waals surface area (Å²) >= 11 is 0. The molecule has 0 radical (unpaired) electrons. The summed E-state index contributed by atoms with van der Waals surface area (Å²) in [4.78, 5) is 9.35. The van der Waals surface area contributed by atoms with Crippen molar-refractivity contribution in [1.82, 2.24) is 10.2 Å². The molecule has 2 heterocycles. The van der Waals surface area contributed by atoms with E-state index in [-0.39, 0.29) is 24.0 Å². The second-order valence-corrected chi connectivity index (χ2v) is 7.85. The maximum atomic E-state index is 5.77. The van der Waals surface area contributed by atoms with E-state index >= 15 is 0 Å². The number of piperazine rings is 1. The van der Waals surface area contributed by atoms with E-state index in [2.05, 4.69) is 55.8 Å². The van der Waals surface area contributed by atoms with Crippen molar-refractivity contribution in [2.24, 2.45) is 4.99 Å². The molecule has 2 aliphatic heterocycles. The number of ether oxygens (including phenoxy) is 2. The highest BCUT2D eigenvalue weighted by molar-refractivity contribution is 14.0. The third-order valence-corrected chi connectivity index (χ3v) is 5.67. The largest absolute Gasteiger partial charge is 0.490 e. The number of hydrogen-bond donors (Lipinski definition) is 2. The Kier molecular flexibility index (Phi) is 9.73. The molecule has 2 aromatic carbocycles. The molecule has 32 heavy (non-hydrogen) atoms. The molecule has 0 bridgehead atoms. The van der Waals surface area contributed by atoms with E-state index in [0.29, 0.717) is 13.2 Å². The van der Waals surface area contributed by atoms with E-state index in [1.807, 2.05) is 18.2 Å². The Hall–Kier alpha value is -2.20. The van der Waals surface area contributed by atoms with Gasteiger partial charge >= 0.3 is 0 Å². The minimum absolute atomic E-state index is 0. The van der Waals surface area contributed by atoms with Gasteiger partial charge in [0.05, 0.1) is 13.2 Å². The van der Waals surface area contributed by atoms with Crippen molar-refractivity contribution in [3.63, 3.8) is 0 Å². The predicted octanol–water partition coefficient (Wildman–Crippen LogP) is 3.67. The van der Waals surface area contributed by atoms with Gasteiger partial charge in [-0.15, -0.1) is 24.0 Å². The zero-order valence-electron chi connectivity index (χ0n) is 18.8. The standard InChI is InChI=1S/C24H33N5O2.HI/c1-25-24(27-20-9-10-22-23(19-20)31-18-6-17-30-22)26-11-5-12-28-13-15-29(16-14-28)21-7-3-2-4-8-21;/h2-4,7-10,19H,5-6,11-18H2,1H3,(H2,25,26,27);1H. The first-order valence-electron chi connectivity index (χ1n) is 11.2. The third-order valence-electron chi connectivity index (χ3n) is 5.67. The first kappa shape index (κ1) is 24.4. The van der Waals surface area contributed by atoms with Gasteiger partial charge in [0.2, 0.25) is 0 Å². The molecular weight excluding hydrogens is 517 g/mol. The van der Waals surface area contributed by atoms with Gasteiger partial charge in [0.1, 0.15) is 0 Å². The summed E-state index contributed by atoms with van der Waals surface area (Å²) in [5.74, 6) is 2.36. The van der Waals surface area contributed by atoms with Gasteiger partial charge in [-0.3, -0.25) is 9.89 Å². The van der Waals surface area contributed by atoms with Crippen molar-refractivity contribution in [1.29, 1.82) is 0 Å². The Morgan fingerprint density at radius 3 is 2.47 bits per heavy atom. The predicted molar refractivity (Wildman–Crippen MR) is 142 cm³/mol. The average molecular weight is 551 g/mol. The van der Waals surface area contributed by atoms with E-state index in [4.69, 9.17) is 9.47 Å². The summed E-state index contributed by atoms with van der Waals surface area (Å²) in [7, 11) is 1.79. The van der Waals surface area contributed by atoms with Crippen LogP contribution in [0.2, 0.25) is 0 Å². The number of nitrogens with one attached hydrogen (secondary N) is 2. The smallest absolute Gasteiger partial charge is 0.195 e. The molecule has 0 unspecified atom stereocenters. The van der Waals surface area contributed by atoms with E-state index in [0.717, 1.165) is 75.3 Å². The lowest BCUT2D eigenvalue weighted by Crippen LogP contribution is -2.47. The number of aliphatic imine (C=N–C) groups is 1. The Morgan fingerprint density at radius 1 is 0.969 bits per heavy atom. The van der Waals surface area contributed by atoms with Gasteiger partial charge in [-0.25, -0.2) is 0 Å². The molecule has 1 fully saturated rings. The van der Waals surface area contributed by atoms with Crippen LogP contribution >= 0.6 is 24.0 Å². The van der Waals surface area contributed by atoms with Crippen molar-refractivity contribution in [2.75, 3.05) is 69.7 Å². The van der Waals surface area contributed by atoms with Crippen LogP contribution in [0.4, 0.5) is 11.4 Å². The Labute approximate surface area is 208 Å². The molecule has 2 aromatic rings. The lowest BCUT2D eigenvalue weighted by atomic mass is 10.2. The molecular formula is C24H34IN5O2. The molecule has 8 heteroatoms. The zero-order chi connectivity index (χ0) is 21.3. The number of nitrogens with zero attached hydrogens (tertiary/aromatic N) is 3. The fraction of sp³-hybridized carbons (Fsp3) is 0.458. The third kappa shape index (κ3) is 6.90. The van der Waals surface area contributed by atoms with Gasteiger partial charge in [-0.2, -0.15) is 0 Å². The van der Waals surface area contributed by atoms with Crippen LogP contribution in [0, 0.1) is 0 Å². The minimum Gasteiger partial charge on any atom is -0.490 e. The molecule has 0 aromatic heterocycles. The molecule has 2 aliphatic rings. The van der Waals surface area contributed by atoms with Crippen molar-refractivity contribution in [2.45, 2.75) is 12.8 Å². The maximum Gasteiger partial charge on any atom is 0.195 e. The second-order valence-electron chi connectivity index (χ2n) is 7.85. The van der Waals surface area contributed by atoms with Gasteiger partial charge in [0.15, 0.2) is 17.5 Å². The van der Waals surface area contributed by atoms with Crippen LogP contribution in [-0.4, -0.2) is 70.4 Å². The average Bonchev–Trinajstić information content (AvgIpc) is 3.07. The first-order valence-corrected chi connectivity index (χ1v) is 11.2. The molecule has 0 aliphatic carbocycles. The lowest BCUT2D eigenvalue weighted by Gasteiger charge is -2.36. The molecule has 2 N–H and O–H groups in total. The van der Waals surface area contributed by atoms with Gasteiger partial charge in [-0.05, 0) is 37.2 Å². The molecule has 0 atom stereocenters. The number of fused-ring (bicyclic) bond motifs is 1. The summed E-state index contributed by atoms with van der Waals surface area (Å²) in [5.41, 5.74) is 2.27. The molecule has 174 valence electrons. The Balaban J connectivity index is 0.00000289. The molecule has 1 saturated heterocycles. The monoisotopic (exact) mass is 551 g/mol. The quantitative estimate of drug-likeness (QED) is 0.248. The number of guanidine groups is 1. The van der Waals surface area contributed by atoms with Gasteiger partial charge in [0.25, 0.3) is 0 Å². The van der Waals surface area contributed by atoms with Crippen molar-refractivity contribution in [3.05, 3.63) is 48.5 Å². The summed E-state index contributed by atoms with van der Waals surface area (Å²) in [6.45, 7) is 7.75. The highest BCUT2D eigenvalue weighted by atomic mass is 127. The molecule has 7 nitrogen and oxygen atoms in total. The van der Waals surface area contributed by atoms with E-state index in [1.165, 1.54) is 5.69 Å². The summed E-state index contributed by atoms with van der Waals surface area (Å²) in [5, 5.41) is 6.76. The van der Waals surface area contributed by atoms with Crippen LogP contribution in [-0.2, 0) is 0 Å². The fourth-order valence-corrected chi connectivity index (χ4v) is 3.93. The normalized spacial score (nSPS) is 16.7. The summed E-state index contributed by atoms with van der Waals surface area (Å²) in [6.07, 6.45) is 1.98.